The molecule has 1 aliphatic carbocycles. The highest BCUT2D eigenvalue weighted by Crippen LogP contribution is 2.43. The maximum atomic E-state index is 9.75. The van der Waals surface area contributed by atoms with Crippen molar-refractivity contribution in [1.82, 2.24) is 0 Å². The van der Waals surface area contributed by atoms with Crippen LogP contribution in [0.4, 0.5) is 5.69 Å². The van der Waals surface area contributed by atoms with Crippen LogP contribution in [0.3, 0.4) is 0 Å². The number of hydrogen-bond donors (Lipinski definition) is 3. The molecule has 1 spiro atoms. The number of rotatable bonds is 1. The second-order valence-corrected chi connectivity index (χ2v) is 6.39. The van der Waals surface area contributed by atoms with E-state index in [1.54, 1.807) is 12.1 Å². The second-order valence-electron chi connectivity index (χ2n) is 5.58. The van der Waals surface area contributed by atoms with E-state index in [2.05, 4.69) is 9.98 Å². The standard InChI is InChI=1S/C14H17Cl2N5O/c15-9-6-8(7-10(16)11(9)22)21-13(18)19-12(17)20-14(21)4-2-1-3-5-14/h6-7,22H,1-5H2,(H4,17,18,19,20). The lowest BCUT2D eigenvalue weighted by Crippen LogP contribution is -2.58. The number of halogens is 2. The predicted molar refractivity (Wildman–Crippen MR) is 89.7 cm³/mol. The number of phenolic OH excluding ortho intramolecular Hbond substituents is 1. The fourth-order valence-corrected chi connectivity index (χ4v) is 3.65. The summed E-state index contributed by atoms with van der Waals surface area (Å²) in [7, 11) is 0. The van der Waals surface area contributed by atoms with Gasteiger partial charge in [0, 0.05) is 5.69 Å². The first kappa shape index (κ1) is 15.2. The number of nitrogens with two attached hydrogens (primary N) is 2. The van der Waals surface area contributed by atoms with Gasteiger partial charge < -0.3 is 16.6 Å². The Morgan fingerprint density at radius 1 is 1.09 bits per heavy atom. The van der Waals surface area contributed by atoms with Gasteiger partial charge in [-0.15, -0.1) is 0 Å². The van der Waals surface area contributed by atoms with E-state index in [0.29, 0.717) is 5.69 Å². The summed E-state index contributed by atoms with van der Waals surface area (Å²) in [6, 6.07) is 3.22. The third-order valence-electron chi connectivity index (χ3n) is 4.11. The van der Waals surface area contributed by atoms with Crippen molar-refractivity contribution in [3.63, 3.8) is 0 Å². The van der Waals surface area contributed by atoms with E-state index < -0.39 is 5.66 Å². The lowest BCUT2D eigenvalue weighted by molar-refractivity contribution is 0.305. The molecule has 118 valence electrons. The third-order valence-corrected chi connectivity index (χ3v) is 4.69. The largest absolute Gasteiger partial charge is 0.505 e. The fraction of sp³-hybridized carbons (Fsp3) is 0.429. The lowest BCUT2D eigenvalue weighted by Gasteiger charge is -2.45. The van der Waals surface area contributed by atoms with Crippen LogP contribution in [0, 0.1) is 0 Å². The molecule has 22 heavy (non-hydrogen) atoms. The van der Waals surface area contributed by atoms with Crippen molar-refractivity contribution >= 4 is 40.8 Å². The monoisotopic (exact) mass is 341 g/mol. The van der Waals surface area contributed by atoms with Crippen LogP contribution in [0.1, 0.15) is 32.1 Å². The number of benzene rings is 1. The molecule has 0 saturated heterocycles. The molecule has 0 radical (unpaired) electrons. The van der Waals surface area contributed by atoms with Crippen molar-refractivity contribution in [1.29, 1.82) is 0 Å². The van der Waals surface area contributed by atoms with Crippen molar-refractivity contribution in [2.24, 2.45) is 21.5 Å². The molecule has 6 nitrogen and oxygen atoms in total. The van der Waals surface area contributed by atoms with Gasteiger partial charge >= 0.3 is 0 Å². The minimum absolute atomic E-state index is 0.152. The SMILES string of the molecule is NC1=NC2(CCCCC2)N(c2cc(Cl)c(O)c(Cl)c2)C(N)=N1. The molecule has 1 aliphatic heterocycles. The van der Waals surface area contributed by atoms with E-state index in [9.17, 15) is 5.11 Å². The highest BCUT2D eigenvalue weighted by Gasteiger charge is 2.42. The van der Waals surface area contributed by atoms with E-state index in [-0.39, 0.29) is 27.7 Å². The van der Waals surface area contributed by atoms with Crippen molar-refractivity contribution in [2.45, 2.75) is 37.8 Å². The molecule has 0 unspecified atom stereocenters. The van der Waals surface area contributed by atoms with Crippen LogP contribution in [0.25, 0.3) is 0 Å². The van der Waals surface area contributed by atoms with Crippen molar-refractivity contribution in [2.75, 3.05) is 4.90 Å². The smallest absolute Gasteiger partial charge is 0.220 e. The van der Waals surface area contributed by atoms with Crippen LogP contribution in [0.5, 0.6) is 5.75 Å². The first-order valence-electron chi connectivity index (χ1n) is 7.11. The van der Waals surface area contributed by atoms with E-state index in [1.807, 2.05) is 4.90 Å². The van der Waals surface area contributed by atoms with Crippen LogP contribution in [-0.2, 0) is 0 Å². The molecule has 8 heteroatoms. The zero-order chi connectivity index (χ0) is 15.9. The summed E-state index contributed by atoms with van der Waals surface area (Å²) in [5, 5.41) is 10.1. The third kappa shape index (κ3) is 2.46. The quantitative estimate of drug-likeness (QED) is 0.730. The molecule has 0 amide bonds. The average molecular weight is 342 g/mol. The fourth-order valence-electron chi connectivity index (χ4n) is 3.18. The highest BCUT2D eigenvalue weighted by atomic mass is 35.5. The molecule has 1 heterocycles. The Morgan fingerprint density at radius 2 is 1.68 bits per heavy atom. The molecule has 1 aromatic rings. The molecule has 0 aromatic heterocycles. The van der Waals surface area contributed by atoms with E-state index in [0.717, 1.165) is 32.1 Å². The summed E-state index contributed by atoms with van der Waals surface area (Å²) >= 11 is 12.1. The lowest BCUT2D eigenvalue weighted by atomic mass is 9.87. The summed E-state index contributed by atoms with van der Waals surface area (Å²) in [5.41, 5.74) is 12.0. The molecule has 1 saturated carbocycles. The molecule has 3 rings (SSSR count). The number of nitrogens with zero attached hydrogens (tertiary/aromatic N) is 3. The Balaban J connectivity index is 2.12. The van der Waals surface area contributed by atoms with Gasteiger partial charge in [-0.2, -0.15) is 4.99 Å². The average Bonchev–Trinajstić information content (AvgIpc) is 2.44. The van der Waals surface area contributed by atoms with Crippen LogP contribution < -0.4 is 16.4 Å². The Labute approximate surface area is 138 Å². The van der Waals surface area contributed by atoms with Crippen molar-refractivity contribution in [3.8, 4) is 5.75 Å². The molecular weight excluding hydrogens is 325 g/mol. The normalized spacial score (nSPS) is 20.7. The van der Waals surface area contributed by atoms with E-state index >= 15 is 0 Å². The maximum absolute atomic E-state index is 9.75. The summed E-state index contributed by atoms with van der Waals surface area (Å²) in [4.78, 5) is 10.5. The van der Waals surface area contributed by atoms with Crippen LogP contribution in [0.2, 0.25) is 10.0 Å². The molecule has 0 atom stereocenters. The summed E-state index contributed by atoms with van der Waals surface area (Å²) < 4.78 is 0. The van der Waals surface area contributed by atoms with Crippen molar-refractivity contribution in [3.05, 3.63) is 22.2 Å². The van der Waals surface area contributed by atoms with Gasteiger partial charge in [0.2, 0.25) is 11.9 Å². The Kier molecular flexibility index (Phi) is 3.82. The summed E-state index contributed by atoms with van der Waals surface area (Å²) in [6.45, 7) is 0. The van der Waals surface area contributed by atoms with Gasteiger partial charge in [0.05, 0.1) is 10.0 Å². The van der Waals surface area contributed by atoms with E-state index in [1.165, 1.54) is 0 Å². The van der Waals surface area contributed by atoms with Gasteiger partial charge in [-0.1, -0.05) is 29.6 Å². The van der Waals surface area contributed by atoms with Gasteiger partial charge in [0.1, 0.15) is 5.66 Å². The summed E-state index contributed by atoms with van der Waals surface area (Å²) in [5.74, 6) is 0.291. The Hall–Kier alpha value is -1.66. The molecule has 1 aromatic carbocycles. The van der Waals surface area contributed by atoms with Crippen LogP contribution in [-0.4, -0.2) is 22.7 Å². The molecule has 0 bridgehead atoms. The molecule has 5 N–H and O–H groups in total. The predicted octanol–water partition coefficient (Wildman–Crippen LogP) is 2.81. The van der Waals surface area contributed by atoms with Crippen LogP contribution >= 0.6 is 23.2 Å². The number of aliphatic imine (C=N–C) groups is 2. The first-order chi connectivity index (χ1) is 10.4. The number of hydrogen-bond acceptors (Lipinski definition) is 6. The van der Waals surface area contributed by atoms with Crippen molar-refractivity contribution < 1.29 is 5.11 Å². The Morgan fingerprint density at radius 3 is 2.27 bits per heavy atom. The van der Waals surface area contributed by atoms with Gasteiger partial charge in [0.15, 0.2) is 5.75 Å². The zero-order valence-electron chi connectivity index (χ0n) is 11.9. The topological polar surface area (TPSA) is 100 Å². The molecular formula is C14H17Cl2N5O. The van der Waals surface area contributed by atoms with Gasteiger partial charge in [-0.05, 0) is 37.8 Å². The second kappa shape index (κ2) is 5.52. The summed E-state index contributed by atoms with van der Waals surface area (Å²) in [6.07, 6.45) is 4.85. The Bertz CT molecular complexity index is 644. The van der Waals surface area contributed by atoms with Gasteiger partial charge in [-0.25, -0.2) is 4.99 Å². The highest BCUT2D eigenvalue weighted by molar-refractivity contribution is 6.37. The minimum atomic E-state index is -0.558. The number of anilines is 1. The number of aromatic hydroxyl groups is 1. The molecule has 1 fully saturated rings. The zero-order valence-corrected chi connectivity index (χ0v) is 13.4. The maximum Gasteiger partial charge on any atom is 0.220 e. The minimum Gasteiger partial charge on any atom is -0.505 e. The number of phenols is 1. The molecule has 2 aliphatic rings. The van der Waals surface area contributed by atoms with Gasteiger partial charge in [0.25, 0.3) is 0 Å². The van der Waals surface area contributed by atoms with Crippen LogP contribution in [0.15, 0.2) is 22.1 Å². The first-order valence-corrected chi connectivity index (χ1v) is 7.86. The van der Waals surface area contributed by atoms with Gasteiger partial charge in [-0.3, -0.25) is 4.90 Å². The van der Waals surface area contributed by atoms with E-state index in [4.69, 9.17) is 34.7 Å². The number of guanidine groups is 2.